The Morgan fingerprint density at radius 1 is 1.50 bits per heavy atom. The van der Waals surface area contributed by atoms with Crippen molar-refractivity contribution in [3.8, 4) is 0 Å². The van der Waals surface area contributed by atoms with Crippen LogP contribution in [-0.2, 0) is 11.3 Å². The summed E-state index contributed by atoms with van der Waals surface area (Å²) in [6.45, 7) is 3.12. The van der Waals surface area contributed by atoms with E-state index < -0.39 is 5.91 Å². The number of primary amides is 1. The lowest BCUT2D eigenvalue weighted by atomic mass is 10.1. The number of anilines is 1. The number of nitrogens with two attached hydrogens (primary N) is 1. The van der Waals surface area contributed by atoms with Gasteiger partial charge >= 0.3 is 0 Å². The Balaban J connectivity index is 1.52. The van der Waals surface area contributed by atoms with Gasteiger partial charge in [-0.05, 0) is 5.56 Å². The van der Waals surface area contributed by atoms with E-state index in [4.69, 9.17) is 10.5 Å². The van der Waals surface area contributed by atoms with Gasteiger partial charge in [-0.3, -0.25) is 4.79 Å². The molecule has 3 rings (SSSR count). The first-order valence-corrected chi connectivity index (χ1v) is 8.07. The lowest BCUT2D eigenvalue weighted by Crippen LogP contribution is -2.37. The second kappa shape index (κ2) is 7.46. The van der Waals surface area contributed by atoms with Gasteiger partial charge in [0.25, 0.3) is 5.91 Å². The van der Waals surface area contributed by atoms with Gasteiger partial charge in [-0.1, -0.05) is 30.3 Å². The zero-order valence-corrected chi connectivity index (χ0v) is 13.7. The molecule has 2 heterocycles. The molecule has 0 saturated carbocycles. The van der Waals surface area contributed by atoms with Crippen molar-refractivity contribution >= 4 is 11.7 Å². The number of methoxy groups -OCH3 is 1. The summed E-state index contributed by atoms with van der Waals surface area (Å²) >= 11 is 0. The molecule has 1 amide bonds. The molecule has 1 aliphatic heterocycles. The van der Waals surface area contributed by atoms with Crippen LogP contribution in [0.5, 0.6) is 0 Å². The van der Waals surface area contributed by atoms with Crippen molar-refractivity contribution in [3.05, 3.63) is 47.7 Å². The molecule has 4 N–H and O–H groups in total. The van der Waals surface area contributed by atoms with Crippen molar-refractivity contribution < 1.29 is 9.53 Å². The summed E-state index contributed by atoms with van der Waals surface area (Å²) in [5.41, 5.74) is 6.95. The van der Waals surface area contributed by atoms with E-state index in [2.05, 4.69) is 27.9 Å². The summed E-state index contributed by atoms with van der Waals surface area (Å²) in [7, 11) is 1.73. The van der Waals surface area contributed by atoms with E-state index in [0.717, 1.165) is 37.6 Å². The van der Waals surface area contributed by atoms with Gasteiger partial charge in [-0.15, -0.1) is 0 Å². The number of carbonyl (C=O) groups excluding carboxylic acids is 1. The molecule has 1 aliphatic rings. The Morgan fingerprint density at radius 3 is 3.00 bits per heavy atom. The fraction of sp³-hybridized carbons (Fsp3) is 0.412. The summed E-state index contributed by atoms with van der Waals surface area (Å²) in [5, 5.41) is 11.0. The van der Waals surface area contributed by atoms with Crippen LogP contribution in [0.1, 0.15) is 22.0 Å². The molecule has 0 unspecified atom stereocenters. The third-order valence-electron chi connectivity index (χ3n) is 4.31. The molecule has 0 fully saturated rings. The summed E-state index contributed by atoms with van der Waals surface area (Å²) in [6, 6.07) is 10.2. The van der Waals surface area contributed by atoms with Crippen LogP contribution in [0.2, 0.25) is 0 Å². The van der Waals surface area contributed by atoms with E-state index in [0.29, 0.717) is 11.5 Å². The fourth-order valence-electron chi connectivity index (χ4n) is 3.00. The Bertz CT molecular complexity index is 686. The predicted octanol–water partition coefficient (Wildman–Crippen LogP) is 1.00. The first-order valence-electron chi connectivity index (χ1n) is 8.07. The monoisotopic (exact) mass is 329 g/mol. The number of amides is 1. The van der Waals surface area contributed by atoms with Crippen molar-refractivity contribution in [1.29, 1.82) is 0 Å². The number of ether oxygens (including phenoxy) is 1. The van der Waals surface area contributed by atoms with E-state index in [-0.39, 0.29) is 6.10 Å². The number of benzene rings is 1. The molecule has 0 saturated heterocycles. The minimum atomic E-state index is -0.453. The Morgan fingerprint density at radius 2 is 2.29 bits per heavy atom. The number of hydrogen-bond acceptors (Lipinski definition) is 5. The van der Waals surface area contributed by atoms with Crippen molar-refractivity contribution in [2.45, 2.75) is 12.6 Å². The van der Waals surface area contributed by atoms with Gasteiger partial charge in [0.15, 0.2) is 0 Å². The van der Waals surface area contributed by atoms with E-state index >= 15 is 0 Å². The topological polar surface area (TPSA) is 94.2 Å². The molecule has 7 nitrogen and oxygen atoms in total. The minimum absolute atomic E-state index is 0.0319. The molecule has 0 spiro atoms. The number of aromatic nitrogens is 2. The molecule has 7 heteroatoms. The van der Waals surface area contributed by atoms with Crippen LogP contribution in [0.25, 0.3) is 0 Å². The van der Waals surface area contributed by atoms with E-state index in [1.807, 2.05) is 18.2 Å². The third kappa shape index (κ3) is 3.58. The maximum absolute atomic E-state index is 11.3. The van der Waals surface area contributed by atoms with Crippen LogP contribution in [0.3, 0.4) is 0 Å². The molecule has 2 aromatic rings. The Labute approximate surface area is 141 Å². The van der Waals surface area contributed by atoms with Crippen molar-refractivity contribution in [2.75, 3.05) is 32.1 Å². The van der Waals surface area contributed by atoms with Crippen molar-refractivity contribution in [2.24, 2.45) is 11.7 Å². The number of carbonyl (C=O) groups is 1. The highest BCUT2D eigenvalue weighted by Crippen LogP contribution is 2.21. The molecule has 24 heavy (non-hydrogen) atoms. The van der Waals surface area contributed by atoms with Gasteiger partial charge in [0.1, 0.15) is 11.4 Å². The summed E-state index contributed by atoms with van der Waals surface area (Å²) in [6.07, 6.45) is 1.56. The van der Waals surface area contributed by atoms with Crippen LogP contribution < -0.4 is 16.4 Å². The summed E-state index contributed by atoms with van der Waals surface area (Å²) < 4.78 is 7.37. The number of nitrogens with zero attached hydrogens (tertiary/aromatic N) is 2. The molecule has 2 atom stereocenters. The van der Waals surface area contributed by atoms with E-state index in [9.17, 15) is 4.79 Å². The summed E-state index contributed by atoms with van der Waals surface area (Å²) in [4.78, 5) is 11.3. The van der Waals surface area contributed by atoms with Crippen LogP contribution >= 0.6 is 0 Å². The fourth-order valence-corrected chi connectivity index (χ4v) is 3.00. The van der Waals surface area contributed by atoms with E-state index in [1.165, 1.54) is 6.20 Å². The first-order chi connectivity index (χ1) is 11.7. The molecule has 1 aromatic heterocycles. The highest BCUT2D eigenvalue weighted by atomic mass is 16.5. The molecular weight excluding hydrogens is 306 g/mol. The average molecular weight is 329 g/mol. The zero-order chi connectivity index (χ0) is 16.9. The quantitative estimate of drug-likeness (QED) is 0.704. The molecule has 128 valence electrons. The second-order valence-corrected chi connectivity index (χ2v) is 5.99. The molecule has 0 radical (unpaired) electrons. The maximum Gasteiger partial charge on any atom is 0.254 e. The molecule has 1 aromatic carbocycles. The maximum atomic E-state index is 11.3. The largest absolute Gasteiger partial charge is 0.375 e. The average Bonchev–Trinajstić information content (AvgIpc) is 3.03. The molecule has 0 bridgehead atoms. The lowest BCUT2D eigenvalue weighted by molar-refractivity contribution is 0.0999. The lowest BCUT2D eigenvalue weighted by Gasteiger charge is -2.26. The minimum Gasteiger partial charge on any atom is -0.375 e. The first kappa shape index (κ1) is 16.5. The number of fused-ring (bicyclic) bond motifs is 1. The van der Waals surface area contributed by atoms with Crippen LogP contribution in [-0.4, -0.2) is 42.4 Å². The van der Waals surface area contributed by atoms with Crippen molar-refractivity contribution in [3.63, 3.8) is 0 Å². The normalized spacial score (nSPS) is 17.8. The van der Waals surface area contributed by atoms with Gasteiger partial charge in [0.05, 0.1) is 12.3 Å². The third-order valence-corrected chi connectivity index (χ3v) is 4.31. The second-order valence-electron chi connectivity index (χ2n) is 5.99. The van der Waals surface area contributed by atoms with Gasteiger partial charge in [0, 0.05) is 39.2 Å². The zero-order valence-electron chi connectivity index (χ0n) is 13.7. The Kier molecular flexibility index (Phi) is 5.12. The highest BCUT2D eigenvalue weighted by molar-refractivity contribution is 5.97. The highest BCUT2D eigenvalue weighted by Gasteiger charge is 2.23. The van der Waals surface area contributed by atoms with Gasteiger partial charge < -0.3 is 21.1 Å². The van der Waals surface area contributed by atoms with Crippen molar-refractivity contribution in [1.82, 2.24) is 15.1 Å². The van der Waals surface area contributed by atoms with E-state index in [1.54, 1.807) is 11.8 Å². The molecular formula is C17H23N5O2. The van der Waals surface area contributed by atoms with Gasteiger partial charge in [-0.25, -0.2) is 4.68 Å². The smallest absolute Gasteiger partial charge is 0.254 e. The number of rotatable bonds is 7. The van der Waals surface area contributed by atoms with Crippen LogP contribution in [0.4, 0.5) is 5.82 Å². The number of nitrogens with one attached hydrogen (secondary N) is 2. The van der Waals surface area contributed by atoms with Crippen LogP contribution in [0.15, 0.2) is 36.5 Å². The summed E-state index contributed by atoms with van der Waals surface area (Å²) in [5.74, 6) is 0.648. The molecule has 0 aliphatic carbocycles. The van der Waals surface area contributed by atoms with Gasteiger partial charge in [0.2, 0.25) is 0 Å². The standard InChI is InChI=1S/C17H23N5O2/c1-24-15(13-5-3-2-4-6-13)10-19-7-12-8-20-17-14(16(18)23)9-21-22(17)11-12/h2-6,9,12,15,19-20H,7-8,10-11H2,1H3,(H2,18,23)/t12-,15-/m1/s1. The predicted molar refractivity (Wildman–Crippen MR) is 91.8 cm³/mol. The Hall–Kier alpha value is -2.38. The number of hydrogen-bond donors (Lipinski definition) is 3. The SMILES string of the molecule is CO[C@H](CNC[C@@H]1CNc2c(C(N)=O)cnn2C1)c1ccccc1. The van der Waals surface area contributed by atoms with Crippen LogP contribution in [0, 0.1) is 5.92 Å². The van der Waals surface area contributed by atoms with Gasteiger partial charge in [-0.2, -0.15) is 5.10 Å².